The standard InChI is InChI=1S/C17H28N6/c1-14-19-16(15-13-18-22(3)17(15)20-14)21(2)9-8-12-23-10-6-4-5-7-11-23/h13H,4-12H2,1-3H3. The van der Waals surface area contributed by atoms with Crippen LogP contribution >= 0.6 is 0 Å². The molecule has 1 saturated heterocycles. The third-order valence-electron chi connectivity index (χ3n) is 4.71. The second-order valence-corrected chi connectivity index (χ2v) is 6.63. The summed E-state index contributed by atoms with van der Waals surface area (Å²) in [5.41, 5.74) is 0.909. The highest BCUT2D eigenvalue weighted by atomic mass is 15.3. The van der Waals surface area contributed by atoms with Crippen molar-refractivity contribution in [1.82, 2.24) is 24.6 Å². The van der Waals surface area contributed by atoms with Gasteiger partial charge in [0.05, 0.1) is 11.6 Å². The summed E-state index contributed by atoms with van der Waals surface area (Å²) in [5, 5.41) is 5.36. The molecule has 1 fully saturated rings. The van der Waals surface area contributed by atoms with Gasteiger partial charge in [-0.1, -0.05) is 12.8 Å². The van der Waals surface area contributed by atoms with Gasteiger partial charge in [-0.05, 0) is 45.8 Å². The molecule has 3 rings (SSSR count). The third kappa shape index (κ3) is 3.80. The van der Waals surface area contributed by atoms with Gasteiger partial charge in [0.1, 0.15) is 11.6 Å². The summed E-state index contributed by atoms with van der Waals surface area (Å²) in [7, 11) is 4.05. The van der Waals surface area contributed by atoms with Crippen LogP contribution in [-0.2, 0) is 7.05 Å². The first kappa shape index (κ1) is 16.2. The molecule has 23 heavy (non-hydrogen) atoms. The Bertz CT molecular complexity index is 642. The van der Waals surface area contributed by atoms with Gasteiger partial charge in [0.2, 0.25) is 0 Å². The van der Waals surface area contributed by atoms with Crippen molar-refractivity contribution in [2.24, 2.45) is 7.05 Å². The Labute approximate surface area is 138 Å². The van der Waals surface area contributed by atoms with Crippen LogP contribution in [0.25, 0.3) is 11.0 Å². The fraction of sp³-hybridized carbons (Fsp3) is 0.706. The molecule has 0 bridgehead atoms. The number of likely N-dealkylation sites (tertiary alicyclic amines) is 1. The SMILES string of the molecule is Cc1nc(N(C)CCCN2CCCCCC2)c2cnn(C)c2n1. The van der Waals surface area contributed by atoms with Crippen LogP contribution in [0.2, 0.25) is 0 Å². The lowest BCUT2D eigenvalue weighted by Crippen LogP contribution is -2.29. The van der Waals surface area contributed by atoms with E-state index in [1.54, 1.807) is 0 Å². The van der Waals surface area contributed by atoms with Gasteiger partial charge in [-0.15, -0.1) is 0 Å². The number of aromatic nitrogens is 4. The maximum atomic E-state index is 4.64. The van der Waals surface area contributed by atoms with Gasteiger partial charge in [0.15, 0.2) is 5.65 Å². The van der Waals surface area contributed by atoms with E-state index in [1.165, 1.54) is 51.7 Å². The molecular weight excluding hydrogens is 288 g/mol. The first-order valence-corrected chi connectivity index (χ1v) is 8.75. The van der Waals surface area contributed by atoms with Crippen molar-refractivity contribution in [3.63, 3.8) is 0 Å². The Morgan fingerprint density at radius 1 is 1.13 bits per heavy atom. The number of fused-ring (bicyclic) bond motifs is 1. The molecule has 6 heteroatoms. The van der Waals surface area contributed by atoms with E-state index in [2.05, 4.69) is 31.9 Å². The van der Waals surface area contributed by atoms with Gasteiger partial charge < -0.3 is 9.80 Å². The van der Waals surface area contributed by atoms with E-state index < -0.39 is 0 Å². The van der Waals surface area contributed by atoms with Crippen LogP contribution in [0, 0.1) is 6.92 Å². The first-order valence-electron chi connectivity index (χ1n) is 8.75. The quantitative estimate of drug-likeness (QED) is 0.847. The molecule has 0 aliphatic carbocycles. The normalized spacial score (nSPS) is 16.7. The highest BCUT2D eigenvalue weighted by Gasteiger charge is 2.14. The lowest BCUT2D eigenvalue weighted by molar-refractivity contribution is 0.283. The Hall–Kier alpha value is -1.69. The molecule has 2 aromatic heterocycles. The van der Waals surface area contributed by atoms with E-state index in [0.29, 0.717) is 0 Å². The zero-order chi connectivity index (χ0) is 16.2. The molecule has 6 nitrogen and oxygen atoms in total. The number of hydrogen-bond acceptors (Lipinski definition) is 5. The fourth-order valence-corrected chi connectivity index (χ4v) is 3.40. The van der Waals surface area contributed by atoms with E-state index >= 15 is 0 Å². The largest absolute Gasteiger partial charge is 0.359 e. The highest BCUT2D eigenvalue weighted by Crippen LogP contribution is 2.22. The van der Waals surface area contributed by atoms with Crippen molar-refractivity contribution < 1.29 is 0 Å². The maximum absolute atomic E-state index is 4.64. The van der Waals surface area contributed by atoms with E-state index in [0.717, 1.165) is 29.2 Å². The van der Waals surface area contributed by atoms with Crippen LogP contribution in [0.4, 0.5) is 5.82 Å². The summed E-state index contributed by atoms with van der Waals surface area (Å²) < 4.78 is 1.82. The van der Waals surface area contributed by atoms with E-state index in [4.69, 9.17) is 0 Å². The minimum absolute atomic E-state index is 0.801. The predicted octanol–water partition coefficient (Wildman–Crippen LogP) is 2.37. The van der Waals surface area contributed by atoms with Gasteiger partial charge in [-0.3, -0.25) is 4.68 Å². The Morgan fingerprint density at radius 2 is 1.87 bits per heavy atom. The lowest BCUT2D eigenvalue weighted by Gasteiger charge is -2.23. The Morgan fingerprint density at radius 3 is 2.61 bits per heavy atom. The topological polar surface area (TPSA) is 50.1 Å². The molecule has 0 saturated carbocycles. The van der Waals surface area contributed by atoms with Crippen molar-refractivity contribution in [2.75, 3.05) is 38.1 Å². The van der Waals surface area contributed by atoms with Crippen LogP contribution in [0.3, 0.4) is 0 Å². The van der Waals surface area contributed by atoms with Crippen LogP contribution in [-0.4, -0.2) is 57.9 Å². The molecule has 0 N–H and O–H groups in total. The number of anilines is 1. The lowest BCUT2D eigenvalue weighted by atomic mass is 10.2. The van der Waals surface area contributed by atoms with Gasteiger partial charge in [0.25, 0.3) is 0 Å². The molecule has 3 heterocycles. The molecule has 0 aromatic carbocycles. The summed E-state index contributed by atoms with van der Waals surface area (Å²) in [4.78, 5) is 14.0. The van der Waals surface area contributed by atoms with Crippen molar-refractivity contribution in [1.29, 1.82) is 0 Å². The molecule has 2 aromatic rings. The second kappa shape index (κ2) is 7.25. The summed E-state index contributed by atoms with van der Waals surface area (Å²) in [6.45, 7) is 6.68. The van der Waals surface area contributed by atoms with E-state index in [1.807, 2.05) is 24.9 Å². The zero-order valence-electron chi connectivity index (χ0n) is 14.6. The molecule has 1 aliphatic heterocycles. The van der Waals surface area contributed by atoms with Crippen molar-refractivity contribution in [3.8, 4) is 0 Å². The van der Waals surface area contributed by atoms with Crippen molar-refractivity contribution in [3.05, 3.63) is 12.0 Å². The van der Waals surface area contributed by atoms with Crippen LogP contribution < -0.4 is 4.90 Å². The predicted molar refractivity (Wildman–Crippen MR) is 93.8 cm³/mol. The smallest absolute Gasteiger partial charge is 0.163 e. The molecule has 0 radical (unpaired) electrons. The van der Waals surface area contributed by atoms with Gasteiger partial charge in [-0.2, -0.15) is 5.10 Å². The molecule has 1 aliphatic rings. The molecular formula is C17H28N6. The van der Waals surface area contributed by atoms with Gasteiger partial charge >= 0.3 is 0 Å². The maximum Gasteiger partial charge on any atom is 0.163 e. The van der Waals surface area contributed by atoms with Crippen molar-refractivity contribution >= 4 is 16.9 Å². The van der Waals surface area contributed by atoms with Crippen molar-refractivity contribution in [2.45, 2.75) is 39.0 Å². The van der Waals surface area contributed by atoms with Crippen LogP contribution in [0.15, 0.2) is 6.20 Å². The van der Waals surface area contributed by atoms with Crippen LogP contribution in [0.1, 0.15) is 37.9 Å². The third-order valence-corrected chi connectivity index (χ3v) is 4.71. The Balaban J connectivity index is 1.63. The minimum atomic E-state index is 0.801. The average molecular weight is 316 g/mol. The number of nitrogens with zero attached hydrogens (tertiary/aromatic N) is 6. The summed E-state index contributed by atoms with van der Waals surface area (Å²) in [5.74, 6) is 1.80. The van der Waals surface area contributed by atoms with E-state index in [9.17, 15) is 0 Å². The summed E-state index contributed by atoms with van der Waals surface area (Å²) in [6.07, 6.45) is 8.55. The molecule has 0 unspecified atom stereocenters. The zero-order valence-corrected chi connectivity index (χ0v) is 14.6. The summed E-state index contributed by atoms with van der Waals surface area (Å²) in [6, 6.07) is 0. The second-order valence-electron chi connectivity index (χ2n) is 6.63. The molecule has 0 spiro atoms. The first-order chi connectivity index (χ1) is 11.1. The monoisotopic (exact) mass is 316 g/mol. The number of rotatable bonds is 5. The molecule has 126 valence electrons. The minimum Gasteiger partial charge on any atom is -0.359 e. The van der Waals surface area contributed by atoms with E-state index in [-0.39, 0.29) is 0 Å². The average Bonchev–Trinajstić information content (AvgIpc) is 2.76. The Kier molecular flexibility index (Phi) is 5.10. The molecule has 0 atom stereocenters. The van der Waals surface area contributed by atoms with Gasteiger partial charge in [-0.25, -0.2) is 9.97 Å². The van der Waals surface area contributed by atoms with Crippen LogP contribution in [0.5, 0.6) is 0 Å². The number of hydrogen-bond donors (Lipinski definition) is 0. The summed E-state index contributed by atoms with van der Waals surface area (Å²) >= 11 is 0. The fourth-order valence-electron chi connectivity index (χ4n) is 3.40. The molecule has 0 amide bonds. The number of aryl methyl sites for hydroxylation is 2. The van der Waals surface area contributed by atoms with Gasteiger partial charge in [0, 0.05) is 20.6 Å². The highest BCUT2D eigenvalue weighted by molar-refractivity contribution is 5.86.